The minimum atomic E-state index is -3.41. The van der Waals surface area contributed by atoms with Crippen LogP contribution in [0.25, 0.3) is 0 Å². The summed E-state index contributed by atoms with van der Waals surface area (Å²) < 4.78 is 24.2. The Balaban J connectivity index is 1.92. The topological polar surface area (TPSA) is 101 Å². The summed E-state index contributed by atoms with van der Waals surface area (Å²) >= 11 is 2.64. The van der Waals surface area contributed by atoms with Gasteiger partial charge < -0.3 is 10.6 Å². The van der Waals surface area contributed by atoms with Gasteiger partial charge in [0.25, 0.3) is 0 Å². The van der Waals surface area contributed by atoms with Crippen LogP contribution in [-0.4, -0.2) is 43.1 Å². The van der Waals surface area contributed by atoms with Gasteiger partial charge in [-0.2, -0.15) is 0 Å². The van der Waals surface area contributed by atoms with E-state index in [2.05, 4.69) is 34.7 Å². The lowest BCUT2D eigenvalue weighted by Crippen LogP contribution is -2.16. The van der Waals surface area contributed by atoms with Gasteiger partial charge in [-0.1, -0.05) is 49.1 Å². The van der Waals surface area contributed by atoms with Gasteiger partial charge >= 0.3 is 0 Å². The van der Waals surface area contributed by atoms with Crippen molar-refractivity contribution in [3.63, 3.8) is 0 Å². The maximum atomic E-state index is 12.1. The van der Waals surface area contributed by atoms with Crippen molar-refractivity contribution in [1.29, 1.82) is 0 Å². The van der Waals surface area contributed by atoms with E-state index in [1.807, 2.05) is 0 Å². The number of anilines is 2. The predicted octanol–water partition coefficient (Wildman–Crippen LogP) is 2.74. The number of rotatable bonds is 8. The molecule has 0 aliphatic rings. The summed E-state index contributed by atoms with van der Waals surface area (Å²) in [7, 11) is -3.41. The molecule has 0 spiro atoms. The lowest BCUT2D eigenvalue weighted by atomic mass is 10.2. The summed E-state index contributed by atoms with van der Waals surface area (Å²) in [5.41, 5.74) is 0.284. The molecular formula is C15H20N4O3S3. The number of benzene rings is 1. The van der Waals surface area contributed by atoms with E-state index in [0.29, 0.717) is 10.3 Å². The van der Waals surface area contributed by atoms with Crippen molar-refractivity contribution in [3.05, 3.63) is 24.3 Å². The first-order valence-corrected chi connectivity index (χ1v) is 11.2. The highest BCUT2D eigenvalue weighted by atomic mass is 32.2. The summed E-state index contributed by atoms with van der Waals surface area (Å²) in [6, 6.07) is 6.33. The largest absolute Gasteiger partial charge is 0.360 e. The predicted molar refractivity (Wildman–Crippen MR) is 102 cm³/mol. The molecule has 0 aliphatic carbocycles. The van der Waals surface area contributed by atoms with Gasteiger partial charge in [-0.05, 0) is 18.1 Å². The van der Waals surface area contributed by atoms with Crippen molar-refractivity contribution in [2.45, 2.75) is 23.1 Å². The molecule has 0 bridgehead atoms. The van der Waals surface area contributed by atoms with E-state index < -0.39 is 9.84 Å². The molecule has 0 fully saturated rings. The fourth-order valence-corrected chi connectivity index (χ4v) is 4.24. The van der Waals surface area contributed by atoms with Crippen LogP contribution in [0.2, 0.25) is 0 Å². The Labute approximate surface area is 155 Å². The zero-order valence-electron chi connectivity index (χ0n) is 14.1. The number of hydrogen-bond donors (Lipinski definition) is 2. The van der Waals surface area contributed by atoms with Crippen molar-refractivity contribution < 1.29 is 13.2 Å². The number of hydrogen-bond acceptors (Lipinski definition) is 8. The summed E-state index contributed by atoms with van der Waals surface area (Å²) in [5.74, 6) is 0.324. The van der Waals surface area contributed by atoms with Crippen molar-refractivity contribution in [3.8, 4) is 0 Å². The number of nitrogens with one attached hydrogen (secondary N) is 2. The Morgan fingerprint density at radius 2 is 2.00 bits per heavy atom. The molecule has 0 atom stereocenters. The minimum Gasteiger partial charge on any atom is -0.360 e. The van der Waals surface area contributed by atoms with Crippen molar-refractivity contribution in [2.75, 3.05) is 29.2 Å². The first-order chi connectivity index (χ1) is 11.8. The van der Waals surface area contributed by atoms with Gasteiger partial charge in [-0.25, -0.2) is 8.42 Å². The maximum Gasteiger partial charge on any atom is 0.234 e. The minimum absolute atomic E-state index is 0.101. The number of sulfone groups is 1. The van der Waals surface area contributed by atoms with Gasteiger partial charge in [0, 0.05) is 12.8 Å². The average molecular weight is 401 g/mol. The number of thioether (sulfide) groups is 1. The van der Waals surface area contributed by atoms with E-state index in [4.69, 9.17) is 0 Å². The Morgan fingerprint density at radius 3 is 2.68 bits per heavy atom. The smallest absolute Gasteiger partial charge is 0.234 e. The zero-order valence-corrected chi connectivity index (χ0v) is 16.6. The number of para-hydroxylation sites is 1. The molecule has 2 N–H and O–H groups in total. The number of aromatic nitrogens is 2. The number of nitrogens with zero attached hydrogens (tertiary/aromatic N) is 2. The van der Waals surface area contributed by atoms with E-state index >= 15 is 0 Å². The second-order valence-electron chi connectivity index (χ2n) is 5.75. The zero-order chi connectivity index (χ0) is 18.4. The number of amides is 1. The first kappa shape index (κ1) is 19.7. The van der Waals surface area contributed by atoms with Crippen LogP contribution >= 0.6 is 23.1 Å². The Bertz CT molecular complexity index is 834. The highest BCUT2D eigenvalue weighted by molar-refractivity contribution is 8.01. The molecule has 0 unspecified atom stereocenters. The number of carbonyl (C=O) groups excluding carboxylic acids is 1. The molecule has 136 valence electrons. The molecule has 0 saturated carbocycles. The molecule has 0 radical (unpaired) electrons. The molecule has 0 aliphatic heterocycles. The van der Waals surface area contributed by atoms with Crippen molar-refractivity contribution in [2.24, 2.45) is 5.92 Å². The standard InChI is InChI=1S/C15H20N4O3S3/c1-10(2)8-16-14-18-19-15(24-14)23-9-13(20)17-11-6-4-5-7-12(11)25(3,21)22/h4-7,10H,8-9H2,1-3H3,(H,16,18)(H,17,20). The van der Waals surface area contributed by atoms with Crippen LogP contribution in [0.15, 0.2) is 33.5 Å². The molecule has 10 heteroatoms. The normalized spacial score (nSPS) is 11.5. The van der Waals surface area contributed by atoms with E-state index in [9.17, 15) is 13.2 Å². The van der Waals surface area contributed by atoms with Crippen LogP contribution in [0.3, 0.4) is 0 Å². The summed E-state index contributed by atoms with van der Waals surface area (Å²) in [4.78, 5) is 12.2. The van der Waals surface area contributed by atoms with E-state index in [1.54, 1.807) is 18.2 Å². The van der Waals surface area contributed by atoms with Crippen molar-refractivity contribution in [1.82, 2.24) is 10.2 Å². The Kier molecular flexibility index (Phi) is 6.79. The molecule has 1 amide bonds. The fraction of sp³-hybridized carbons (Fsp3) is 0.400. The molecule has 1 heterocycles. The SMILES string of the molecule is CC(C)CNc1nnc(SCC(=O)Nc2ccccc2S(C)(=O)=O)s1. The van der Waals surface area contributed by atoms with Crippen LogP contribution < -0.4 is 10.6 Å². The number of carbonyl (C=O) groups is 1. The quantitative estimate of drug-likeness (QED) is 0.657. The van der Waals surface area contributed by atoms with Crippen LogP contribution in [0.1, 0.15) is 13.8 Å². The van der Waals surface area contributed by atoms with Gasteiger partial charge in [0.1, 0.15) is 0 Å². The Morgan fingerprint density at radius 1 is 1.28 bits per heavy atom. The third-order valence-electron chi connectivity index (χ3n) is 2.96. The van der Waals surface area contributed by atoms with Crippen LogP contribution in [0.4, 0.5) is 10.8 Å². The van der Waals surface area contributed by atoms with Gasteiger partial charge in [-0.3, -0.25) is 4.79 Å². The fourth-order valence-electron chi connectivity index (χ4n) is 1.84. The van der Waals surface area contributed by atoms with Crippen LogP contribution in [-0.2, 0) is 14.6 Å². The second kappa shape index (κ2) is 8.63. The molecule has 25 heavy (non-hydrogen) atoms. The summed E-state index contributed by atoms with van der Waals surface area (Å²) in [6.45, 7) is 5.01. The highest BCUT2D eigenvalue weighted by Gasteiger charge is 2.15. The summed E-state index contributed by atoms with van der Waals surface area (Å²) in [6.07, 6.45) is 1.11. The molecule has 0 saturated heterocycles. The van der Waals surface area contributed by atoms with Crippen LogP contribution in [0.5, 0.6) is 0 Å². The highest BCUT2D eigenvalue weighted by Crippen LogP contribution is 2.26. The van der Waals surface area contributed by atoms with Gasteiger partial charge in [-0.15, -0.1) is 10.2 Å². The van der Waals surface area contributed by atoms with Crippen LogP contribution in [0, 0.1) is 5.92 Å². The lowest BCUT2D eigenvalue weighted by Gasteiger charge is -2.08. The van der Waals surface area contributed by atoms with Gasteiger partial charge in [0.15, 0.2) is 14.2 Å². The summed E-state index contributed by atoms with van der Waals surface area (Å²) in [5, 5.41) is 14.6. The lowest BCUT2D eigenvalue weighted by molar-refractivity contribution is -0.113. The molecule has 2 aromatic rings. The maximum absolute atomic E-state index is 12.1. The third kappa shape index (κ3) is 6.29. The average Bonchev–Trinajstić information content (AvgIpc) is 2.98. The van der Waals surface area contributed by atoms with Gasteiger partial charge in [0.05, 0.1) is 16.3 Å². The van der Waals surface area contributed by atoms with E-state index in [0.717, 1.165) is 17.9 Å². The van der Waals surface area contributed by atoms with Gasteiger partial charge in [0.2, 0.25) is 11.0 Å². The molecule has 1 aromatic heterocycles. The molecule has 1 aromatic carbocycles. The molecule has 2 rings (SSSR count). The van der Waals surface area contributed by atoms with Crippen molar-refractivity contribution >= 4 is 49.7 Å². The first-order valence-electron chi connectivity index (χ1n) is 7.55. The second-order valence-corrected chi connectivity index (χ2v) is 9.94. The third-order valence-corrected chi connectivity index (χ3v) is 6.12. The Hall–Kier alpha value is -1.65. The monoisotopic (exact) mass is 400 g/mol. The van der Waals surface area contributed by atoms with E-state index in [1.165, 1.54) is 29.2 Å². The molecule has 7 nitrogen and oxygen atoms in total. The molecular weight excluding hydrogens is 380 g/mol. The van der Waals surface area contributed by atoms with E-state index in [-0.39, 0.29) is 22.2 Å².